The normalized spacial score (nSPS) is 21.9. The van der Waals surface area contributed by atoms with Gasteiger partial charge in [0.1, 0.15) is 0 Å². The summed E-state index contributed by atoms with van der Waals surface area (Å²) in [5, 5.41) is 15.3. The summed E-state index contributed by atoms with van der Waals surface area (Å²) in [6.45, 7) is 0.726. The molecule has 0 saturated heterocycles. The first-order valence-corrected chi connectivity index (χ1v) is 8.91. The first-order valence-electron chi connectivity index (χ1n) is 8.54. The largest absolute Gasteiger partial charge is 0.390 e. The van der Waals surface area contributed by atoms with Crippen LogP contribution in [0.4, 0.5) is 0 Å². The highest BCUT2D eigenvalue weighted by Crippen LogP contribution is 2.44. The lowest BCUT2D eigenvalue weighted by Gasteiger charge is -2.22. The van der Waals surface area contributed by atoms with Crippen LogP contribution < -0.4 is 5.32 Å². The third-order valence-electron chi connectivity index (χ3n) is 4.95. The smallest absolute Gasteiger partial charge is 0.0844 e. The lowest BCUT2D eigenvalue weighted by molar-refractivity contribution is 0.125. The van der Waals surface area contributed by atoms with Crippen molar-refractivity contribution >= 4 is 11.6 Å². The minimum atomic E-state index is -0.512. The molecule has 1 aliphatic carbocycles. The quantitative estimate of drug-likeness (QED) is 0.717. The van der Waals surface area contributed by atoms with Crippen molar-refractivity contribution in [2.24, 2.45) is 0 Å². The minimum Gasteiger partial charge on any atom is -0.390 e. The van der Waals surface area contributed by atoms with E-state index in [1.165, 1.54) is 16.7 Å². The van der Waals surface area contributed by atoms with Crippen molar-refractivity contribution in [3.63, 3.8) is 0 Å². The van der Waals surface area contributed by atoms with Crippen molar-refractivity contribution in [1.82, 2.24) is 5.32 Å². The SMILES string of the molecule is OC1[C@@H](c2ccc(Cl)cc2)c2ccccc2[C@H]1NCc1ccccc1. The van der Waals surface area contributed by atoms with E-state index in [1.54, 1.807) is 0 Å². The van der Waals surface area contributed by atoms with Gasteiger partial charge in [0, 0.05) is 17.5 Å². The van der Waals surface area contributed by atoms with Crippen LogP contribution in [-0.4, -0.2) is 11.2 Å². The van der Waals surface area contributed by atoms with Gasteiger partial charge in [0.05, 0.1) is 12.1 Å². The zero-order valence-corrected chi connectivity index (χ0v) is 14.5. The van der Waals surface area contributed by atoms with Crippen molar-refractivity contribution in [3.8, 4) is 0 Å². The van der Waals surface area contributed by atoms with E-state index < -0.39 is 6.10 Å². The summed E-state index contributed by atoms with van der Waals surface area (Å²) in [4.78, 5) is 0. The van der Waals surface area contributed by atoms with Crippen LogP contribution >= 0.6 is 11.6 Å². The van der Waals surface area contributed by atoms with Gasteiger partial charge in [-0.05, 0) is 34.4 Å². The number of hydrogen-bond donors (Lipinski definition) is 2. The average molecular weight is 350 g/mol. The van der Waals surface area contributed by atoms with Gasteiger partial charge >= 0.3 is 0 Å². The van der Waals surface area contributed by atoms with Crippen LogP contribution in [0.5, 0.6) is 0 Å². The van der Waals surface area contributed by atoms with Crippen LogP contribution in [0.3, 0.4) is 0 Å². The first-order chi connectivity index (χ1) is 12.2. The molecule has 0 saturated carbocycles. The third kappa shape index (κ3) is 3.21. The first kappa shape index (κ1) is 16.3. The summed E-state index contributed by atoms with van der Waals surface area (Å²) < 4.78 is 0. The van der Waals surface area contributed by atoms with E-state index in [2.05, 4.69) is 29.6 Å². The highest BCUT2D eigenvalue weighted by molar-refractivity contribution is 6.30. The standard InChI is InChI=1S/C22H20ClNO/c23-17-12-10-16(11-13-17)20-18-8-4-5-9-19(18)21(22(20)25)24-14-15-6-2-1-3-7-15/h1-13,20-22,24-25H,14H2/t20-,21+,22?/m0/s1. The molecule has 3 heteroatoms. The van der Waals surface area contributed by atoms with Crippen LogP contribution in [-0.2, 0) is 6.54 Å². The lowest BCUT2D eigenvalue weighted by atomic mass is 9.91. The van der Waals surface area contributed by atoms with Crippen molar-refractivity contribution in [1.29, 1.82) is 0 Å². The van der Waals surface area contributed by atoms with Crippen LogP contribution in [0.1, 0.15) is 34.2 Å². The van der Waals surface area contributed by atoms with E-state index in [0.29, 0.717) is 5.02 Å². The number of fused-ring (bicyclic) bond motifs is 1. The molecule has 4 rings (SSSR count). The van der Waals surface area contributed by atoms with E-state index in [4.69, 9.17) is 11.6 Å². The highest BCUT2D eigenvalue weighted by Gasteiger charge is 2.39. The molecule has 2 N–H and O–H groups in total. The molecule has 0 bridgehead atoms. The van der Waals surface area contributed by atoms with Gasteiger partial charge < -0.3 is 10.4 Å². The van der Waals surface area contributed by atoms with Crippen LogP contribution in [0, 0.1) is 0 Å². The summed E-state index contributed by atoms with van der Waals surface area (Å²) in [5.74, 6) is -0.0401. The fourth-order valence-electron chi connectivity index (χ4n) is 3.74. The molecule has 2 nitrogen and oxygen atoms in total. The zero-order valence-electron chi connectivity index (χ0n) is 13.8. The van der Waals surface area contributed by atoms with Gasteiger partial charge in [-0.1, -0.05) is 78.3 Å². The van der Waals surface area contributed by atoms with Crippen LogP contribution in [0.15, 0.2) is 78.9 Å². The van der Waals surface area contributed by atoms with Crippen molar-refractivity contribution < 1.29 is 5.11 Å². The number of rotatable bonds is 4. The Balaban J connectivity index is 1.64. The van der Waals surface area contributed by atoms with E-state index >= 15 is 0 Å². The van der Waals surface area contributed by atoms with E-state index in [0.717, 1.165) is 12.1 Å². The van der Waals surface area contributed by atoms with Crippen molar-refractivity contribution in [3.05, 3.63) is 106 Å². The second-order valence-corrected chi connectivity index (χ2v) is 6.93. The lowest BCUT2D eigenvalue weighted by Crippen LogP contribution is -2.30. The maximum Gasteiger partial charge on any atom is 0.0844 e. The summed E-state index contributed by atoms with van der Waals surface area (Å²) >= 11 is 6.03. The van der Waals surface area contributed by atoms with E-state index in [-0.39, 0.29) is 12.0 Å². The molecule has 0 aromatic heterocycles. The Morgan fingerprint density at radius 2 is 1.44 bits per heavy atom. The molecule has 3 aromatic carbocycles. The second kappa shape index (κ2) is 7.01. The number of hydrogen-bond acceptors (Lipinski definition) is 2. The zero-order chi connectivity index (χ0) is 17.2. The Bertz CT molecular complexity index is 847. The molecule has 3 atom stereocenters. The fraction of sp³-hybridized carbons (Fsp3) is 0.182. The number of aliphatic hydroxyl groups is 1. The summed E-state index contributed by atoms with van der Waals surface area (Å²) in [5.41, 5.74) is 4.66. The van der Waals surface area contributed by atoms with E-state index in [9.17, 15) is 5.11 Å². The molecule has 0 heterocycles. The molecule has 1 aliphatic rings. The highest BCUT2D eigenvalue weighted by atomic mass is 35.5. The molecule has 0 spiro atoms. The Kier molecular flexibility index (Phi) is 4.58. The number of halogens is 1. The number of benzene rings is 3. The molecule has 126 valence electrons. The molecular formula is C22H20ClNO. The molecule has 25 heavy (non-hydrogen) atoms. The van der Waals surface area contributed by atoms with Crippen LogP contribution in [0.25, 0.3) is 0 Å². The van der Waals surface area contributed by atoms with Crippen molar-refractivity contribution in [2.75, 3.05) is 0 Å². The number of nitrogens with one attached hydrogen (secondary N) is 1. The fourth-order valence-corrected chi connectivity index (χ4v) is 3.86. The van der Waals surface area contributed by atoms with Gasteiger partial charge in [0.15, 0.2) is 0 Å². The minimum absolute atomic E-state index is 0.0401. The monoisotopic (exact) mass is 349 g/mol. The van der Waals surface area contributed by atoms with Gasteiger partial charge in [-0.15, -0.1) is 0 Å². The van der Waals surface area contributed by atoms with Gasteiger partial charge in [0.2, 0.25) is 0 Å². The Hall–Kier alpha value is -2.13. The maximum absolute atomic E-state index is 11.1. The second-order valence-electron chi connectivity index (χ2n) is 6.49. The van der Waals surface area contributed by atoms with Crippen LogP contribution in [0.2, 0.25) is 5.02 Å². The molecular weight excluding hydrogens is 330 g/mol. The third-order valence-corrected chi connectivity index (χ3v) is 5.20. The molecule has 3 aromatic rings. The van der Waals surface area contributed by atoms with Crippen molar-refractivity contribution in [2.45, 2.75) is 24.6 Å². The van der Waals surface area contributed by atoms with Gasteiger partial charge in [-0.3, -0.25) is 0 Å². The Morgan fingerprint density at radius 3 is 2.16 bits per heavy atom. The molecule has 1 unspecified atom stereocenters. The predicted molar refractivity (Wildman–Crippen MR) is 102 cm³/mol. The predicted octanol–water partition coefficient (Wildman–Crippen LogP) is 4.68. The van der Waals surface area contributed by atoms with Gasteiger partial charge in [0.25, 0.3) is 0 Å². The maximum atomic E-state index is 11.1. The summed E-state index contributed by atoms with van der Waals surface area (Å²) in [7, 11) is 0. The molecule has 0 amide bonds. The molecule has 0 aliphatic heterocycles. The van der Waals surface area contributed by atoms with E-state index in [1.807, 2.05) is 54.6 Å². The Labute approximate surface area is 153 Å². The topological polar surface area (TPSA) is 32.3 Å². The summed E-state index contributed by atoms with van der Waals surface area (Å²) in [6.07, 6.45) is -0.512. The molecule has 0 fully saturated rings. The molecule has 0 radical (unpaired) electrons. The average Bonchev–Trinajstić information content (AvgIpc) is 2.93. The van der Waals surface area contributed by atoms with Gasteiger partial charge in [-0.25, -0.2) is 0 Å². The summed E-state index contributed by atoms with van der Waals surface area (Å²) in [6, 6.07) is 26.3. The Morgan fingerprint density at radius 1 is 0.800 bits per heavy atom. The number of aliphatic hydroxyl groups excluding tert-OH is 1. The van der Waals surface area contributed by atoms with Gasteiger partial charge in [-0.2, -0.15) is 0 Å².